The van der Waals surface area contributed by atoms with Crippen molar-refractivity contribution in [2.45, 2.75) is 0 Å². The summed E-state index contributed by atoms with van der Waals surface area (Å²) in [6.45, 7) is 0. The average Bonchev–Trinajstić information content (AvgIpc) is 3.25. The zero-order chi connectivity index (χ0) is 21.1. The van der Waals surface area contributed by atoms with Crippen LogP contribution in [-0.2, 0) is 0 Å². The molecule has 10 heteroatoms. The molecule has 1 N–H and O–H groups in total. The van der Waals surface area contributed by atoms with E-state index in [4.69, 9.17) is 16.1 Å². The minimum Gasteiger partial charge on any atom is -0.334 e. The third-order valence-corrected chi connectivity index (χ3v) is 4.48. The number of nitro groups is 1. The molecule has 0 spiro atoms. The summed E-state index contributed by atoms with van der Waals surface area (Å²) in [5.41, 5.74) is 1.32. The van der Waals surface area contributed by atoms with Gasteiger partial charge < -0.3 is 9.84 Å². The summed E-state index contributed by atoms with van der Waals surface area (Å²) in [6.07, 6.45) is 3.24. The number of rotatable bonds is 5. The van der Waals surface area contributed by atoms with E-state index in [9.17, 15) is 14.9 Å². The second kappa shape index (κ2) is 8.10. The number of hydrogen-bond acceptors (Lipinski definition) is 7. The fourth-order valence-corrected chi connectivity index (χ4v) is 2.90. The molecule has 2 aromatic carbocycles. The predicted molar refractivity (Wildman–Crippen MR) is 109 cm³/mol. The van der Waals surface area contributed by atoms with E-state index in [1.165, 1.54) is 12.1 Å². The maximum absolute atomic E-state index is 12.7. The average molecular weight is 422 g/mol. The Balaban J connectivity index is 1.63. The van der Waals surface area contributed by atoms with Gasteiger partial charge in [-0.25, -0.2) is 0 Å². The topological polar surface area (TPSA) is 124 Å². The van der Waals surface area contributed by atoms with Crippen LogP contribution in [0.15, 0.2) is 71.5 Å². The summed E-state index contributed by atoms with van der Waals surface area (Å²) >= 11 is 5.81. The Kier molecular flexibility index (Phi) is 5.19. The Labute approximate surface area is 174 Å². The van der Waals surface area contributed by atoms with Crippen molar-refractivity contribution >= 4 is 28.9 Å². The lowest BCUT2D eigenvalue weighted by atomic mass is 10.1. The Morgan fingerprint density at radius 3 is 2.73 bits per heavy atom. The molecule has 0 bridgehead atoms. The third kappa shape index (κ3) is 3.87. The smallest absolute Gasteiger partial charge is 0.288 e. The van der Waals surface area contributed by atoms with Crippen molar-refractivity contribution in [2.75, 3.05) is 5.32 Å². The minimum atomic E-state index is -0.647. The largest absolute Gasteiger partial charge is 0.334 e. The Morgan fingerprint density at radius 1 is 1.13 bits per heavy atom. The number of carbonyl (C=O) groups is 1. The number of aromatic nitrogens is 3. The molecule has 0 radical (unpaired) electrons. The van der Waals surface area contributed by atoms with Crippen molar-refractivity contribution < 1.29 is 14.2 Å². The predicted octanol–water partition coefficient (Wildman–Crippen LogP) is 4.61. The molecule has 148 valence electrons. The van der Waals surface area contributed by atoms with Gasteiger partial charge in [0.25, 0.3) is 17.5 Å². The summed E-state index contributed by atoms with van der Waals surface area (Å²) in [5.74, 6) is 0.00797. The van der Waals surface area contributed by atoms with Crippen LogP contribution in [0.1, 0.15) is 10.4 Å². The van der Waals surface area contributed by atoms with Gasteiger partial charge in [-0.2, -0.15) is 4.98 Å². The Morgan fingerprint density at radius 2 is 1.97 bits per heavy atom. The lowest BCUT2D eigenvalue weighted by Crippen LogP contribution is -2.13. The highest BCUT2D eigenvalue weighted by molar-refractivity contribution is 6.32. The number of nitrogens with zero attached hydrogens (tertiary/aromatic N) is 4. The lowest BCUT2D eigenvalue weighted by Gasteiger charge is -2.08. The minimum absolute atomic E-state index is 0.0502. The number of pyridine rings is 1. The van der Waals surface area contributed by atoms with E-state index in [0.29, 0.717) is 22.6 Å². The summed E-state index contributed by atoms with van der Waals surface area (Å²) in [7, 11) is 0. The molecule has 0 aliphatic heterocycles. The van der Waals surface area contributed by atoms with Crippen molar-refractivity contribution in [3.63, 3.8) is 0 Å². The zero-order valence-corrected chi connectivity index (χ0v) is 15.9. The Bertz CT molecular complexity index is 1240. The quantitative estimate of drug-likeness (QED) is 0.368. The first-order chi connectivity index (χ1) is 14.5. The van der Waals surface area contributed by atoms with Crippen molar-refractivity contribution in [2.24, 2.45) is 0 Å². The first-order valence-corrected chi connectivity index (χ1v) is 8.99. The van der Waals surface area contributed by atoms with Gasteiger partial charge in [-0.1, -0.05) is 28.9 Å². The van der Waals surface area contributed by atoms with E-state index in [2.05, 4.69) is 20.4 Å². The first kappa shape index (κ1) is 19.2. The molecular formula is C20H12ClN5O4. The van der Waals surface area contributed by atoms with Gasteiger partial charge in [-0.3, -0.25) is 19.9 Å². The van der Waals surface area contributed by atoms with Gasteiger partial charge in [0.2, 0.25) is 5.82 Å². The molecule has 0 aliphatic rings. The van der Waals surface area contributed by atoms with Crippen LogP contribution in [0.3, 0.4) is 0 Å². The Hall–Kier alpha value is -4.11. The fourth-order valence-electron chi connectivity index (χ4n) is 2.71. The maximum Gasteiger partial charge on any atom is 0.288 e. The van der Waals surface area contributed by atoms with E-state index in [1.807, 2.05) is 0 Å². The van der Waals surface area contributed by atoms with E-state index in [0.717, 1.165) is 6.07 Å². The number of carbonyl (C=O) groups excluding carboxylic acids is 1. The van der Waals surface area contributed by atoms with Crippen LogP contribution in [0.2, 0.25) is 5.02 Å². The highest BCUT2D eigenvalue weighted by Gasteiger charge is 2.19. The van der Waals surface area contributed by atoms with Gasteiger partial charge >= 0.3 is 0 Å². The second-order valence-corrected chi connectivity index (χ2v) is 6.50. The maximum atomic E-state index is 12.7. The SMILES string of the molecule is O=C(Nc1ccccc1-c1nc(-c2cccnc2)no1)c1ccc(Cl)c([N+](=O)[O-])c1. The van der Waals surface area contributed by atoms with Gasteiger partial charge in [-0.05, 0) is 36.4 Å². The molecule has 0 fully saturated rings. The van der Waals surface area contributed by atoms with Crippen molar-refractivity contribution in [1.82, 2.24) is 15.1 Å². The first-order valence-electron chi connectivity index (χ1n) is 8.62. The van der Waals surface area contributed by atoms with Crippen molar-refractivity contribution in [3.8, 4) is 22.8 Å². The normalized spacial score (nSPS) is 10.6. The second-order valence-electron chi connectivity index (χ2n) is 6.09. The van der Waals surface area contributed by atoms with E-state index in [1.54, 1.807) is 48.8 Å². The number of nitro benzene ring substituents is 1. The van der Waals surface area contributed by atoms with Gasteiger partial charge in [0, 0.05) is 29.6 Å². The molecule has 0 saturated heterocycles. The van der Waals surface area contributed by atoms with Crippen LogP contribution in [0.25, 0.3) is 22.8 Å². The summed E-state index contributed by atoms with van der Waals surface area (Å²) < 4.78 is 5.35. The monoisotopic (exact) mass is 421 g/mol. The summed E-state index contributed by atoms with van der Waals surface area (Å²) in [4.78, 5) is 31.5. The number of benzene rings is 2. The molecule has 9 nitrogen and oxygen atoms in total. The van der Waals surface area contributed by atoms with Gasteiger partial charge in [-0.15, -0.1) is 0 Å². The van der Waals surface area contributed by atoms with E-state index >= 15 is 0 Å². The molecule has 0 unspecified atom stereocenters. The van der Waals surface area contributed by atoms with Crippen LogP contribution >= 0.6 is 11.6 Å². The number of amides is 1. The number of halogens is 1. The number of anilines is 1. The molecule has 0 aliphatic carbocycles. The summed E-state index contributed by atoms with van der Waals surface area (Å²) in [6, 6.07) is 14.2. The highest BCUT2D eigenvalue weighted by Crippen LogP contribution is 2.30. The van der Waals surface area contributed by atoms with Crippen molar-refractivity contribution in [1.29, 1.82) is 0 Å². The van der Waals surface area contributed by atoms with Crippen LogP contribution in [-0.4, -0.2) is 26.0 Å². The molecular weight excluding hydrogens is 410 g/mol. The van der Waals surface area contributed by atoms with Crippen LogP contribution in [0, 0.1) is 10.1 Å². The molecule has 2 aromatic heterocycles. The van der Waals surface area contributed by atoms with Crippen LogP contribution < -0.4 is 5.32 Å². The van der Waals surface area contributed by atoms with Crippen LogP contribution in [0.4, 0.5) is 11.4 Å². The number of para-hydroxylation sites is 1. The highest BCUT2D eigenvalue weighted by atomic mass is 35.5. The summed E-state index contributed by atoms with van der Waals surface area (Å²) in [5, 5.41) is 17.7. The lowest BCUT2D eigenvalue weighted by molar-refractivity contribution is -0.384. The van der Waals surface area contributed by atoms with E-state index in [-0.39, 0.29) is 22.2 Å². The fraction of sp³-hybridized carbons (Fsp3) is 0. The van der Waals surface area contributed by atoms with Crippen molar-refractivity contribution in [3.05, 3.63) is 87.7 Å². The zero-order valence-electron chi connectivity index (χ0n) is 15.2. The third-order valence-electron chi connectivity index (χ3n) is 4.16. The number of nitrogens with one attached hydrogen (secondary N) is 1. The molecule has 1 amide bonds. The molecule has 4 aromatic rings. The molecule has 4 rings (SSSR count). The molecule has 30 heavy (non-hydrogen) atoms. The molecule has 2 heterocycles. The molecule has 0 atom stereocenters. The van der Waals surface area contributed by atoms with Gasteiger partial charge in [0.1, 0.15) is 5.02 Å². The van der Waals surface area contributed by atoms with Gasteiger partial charge in [0.15, 0.2) is 0 Å². The van der Waals surface area contributed by atoms with E-state index < -0.39 is 10.8 Å². The number of hydrogen-bond donors (Lipinski definition) is 1. The molecule has 0 saturated carbocycles. The standard InChI is InChI=1S/C20H12ClN5O4/c21-15-8-7-12(10-17(15)26(28)29)19(27)23-16-6-2-1-5-14(16)20-24-18(25-30-20)13-4-3-9-22-11-13/h1-11H,(H,23,27). The van der Waals surface area contributed by atoms with Gasteiger partial charge in [0.05, 0.1) is 16.2 Å². The van der Waals surface area contributed by atoms with Crippen LogP contribution in [0.5, 0.6) is 0 Å².